The zero-order valence-corrected chi connectivity index (χ0v) is 14.6. The van der Waals surface area contributed by atoms with Crippen LogP contribution < -0.4 is 0 Å². The smallest absolute Gasteiger partial charge is 0.337 e. The fraction of sp³-hybridized carbons (Fsp3) is 0. The highest BCUT2D eigenvalue weighted by atomic mass is 16.4. The van der Waals surface area contributed by atoms with E-state index in [0.29, 0.717) is 11.1 Å². The summed E-state index contributed by atoms with van der Waals surface area (Å²) in [5.41, 5.74) is 1.46. The molecule has 0 atom stereocenters. The Kier molecular flexibility index (Phi) is 5.55. The summed E-state index contributed by atoms with van der Waals surface area (Å²) in [6.45, 7) is 0. The summed E-state index contributed by atoms with van der Waals surface area (Å²) in [4.78, 5) is 23.4. The van der Waals surface area contributed by atoms with Crippen LogP contribution in [0.3, 0.4) is 0 Å². The number of benzene rings is 3. The quantitative estimate of drug-likeness (QED) is 0.675. The average Bonchev–Trinajstić information content (AvgIpc) is 2.71. The molecule has 0 saturated heterocycles. The summed E-state index contributed by atoms with van der Waals surface area (Å²) in [5.74, 6) is 8.85. The van der Waals surface area contributed by atoms with Crippen molar-refractivity contribution in [1.82, 2.24) is 0 Å². The summed E-state index contributed by atoms with van der Waals surface area (Å²) in [6.07, 6.45) is 0. The van der Waals surface area contributed by atoms with E-state index in [1.807, 2.05) is 36.4 Å². The molecule has 3 rings (SSSR count). The van der Waals surface area contributed by atoms with Crippen molar-refractivity contribution in [3.8, 4) is 23.7 Å². The lowest BCUT2D eigenvalue weighted by molar-refractivity contribution is 0.0680. The van der Waals surface area contributed by atoms with E-state index < -0.39 is 11.9 Å². The van der Waals surface area contributed by atoms with Crippen LogP contribution in [0.1, 0.15) is 43.0 Å². The lowest BCUT2D eigenvalue weighted by atomic mass is 9.98. The molecule has 0 spiro atoms. The summed E-state index contributed by atoms with van der Waals surface area (Å²) in [7, 11) is 0. The van der Waals surface area contributed by atoms with Gasteiger partial charge in [0, 0.05) is 22.3 Å². The Bertz CT molecular complexity index is 1060. The second-order valence-corrected chi connectivity index (χ2v) is 5.79. The van der Waals surface area contributed by atoms with Crippen molar-refractivity contribution in [2.45, 2.75) is 0 Å². The van der Waals surface area contributed by atoms with E-state index in [4.69, 9.17) is 0 Å². The molecule has 0 aliphatic rings. The minimum absolute atomic E-state index is 0.0919. The normalized spacial score (nSPS) is 9.43. The molecule has 28 heavy (non-hydrogen) atoms. The maximum Gasteiger partial charge on any atom is 0.337 e. The molecular formula is C24H14O4. The van der Waals surface area contributed by atoms with Crippen molar-refractivity contribution >= 4 is 11.9 Å². The third-order valence-electron chi connectivity index (χ3n) is 3.85. The second-order valence-electron chi connectivity index (χ2n) is 5.79. The molecule has 0 fully saturated rings. The molecule has 3 aromatic rings. The van der Waals surface area contributed by atoms with Gasteiger partial charge in [-0.3, -0.25) is 0 Å². The summed E-state index contributed by atoms with van der Waals surface area (Å²) in [5, 5.41) is 19.1. The molecule has 2 N–H and O–H groups in total. The number of carboxylic acids is 2. The molecule has 0 amide bonds. The monoisotopic (exact) mass is 366 g/mol. The predicted octanol–water partition coefficient (Wildman–Crippen LogP) is 3.88. The third kappa shape index (κ3) is 4.46. The van der Waals surface area contributed by atoms with Gasteiger partial charge in [0.25, 0.3) is 0 Å². The van der Waals surface area contributed by atoms with E-state index in [-0.39, 0.29) is 22.3 Å². The largest absolute Gasteiger partial charge is 0.478 e. The predicted molar refractivity (Wildman–Crippen MR) is 105 cm³/mol. The molecule has 3 aromatic carbocycles. The molecule has 0 bridgehead atoms. The van der Waals surface area contributed by atoms with Gasteiger partial charge in [0.05, 0.1) is 11.1 Å². The van der Waals surface area contributed by atoms with Gasteiger partial charge >= 0.3 is 11.9 Å². The first-order valence-electron chi connectivity index (χ1n) is 8.33. The SMILES string of the molecule is O=C(O)c1cc(C#Cc2ccccc2)c(C(=O)O)cc1C#Cc1ccccc1. The number of aromatic carboxylic acids is 2. The fourth-order valence-electron chi connectivity index (χ4n) is 2.48. The van der Waals surface area contributed by atoms with Crippen LogP contribution in [0.25, 0.3) is 0 Å². The van der Waals surface area contributed by atoms with Crippen LogP contribution in [-0.2, 0) is 0 Å². The molecular weight excluding hydrogens is 352 g/mol. The van der Waals surface area contributed by atoms with Gasteiger partial charge in [-0.05, 0) is 36.4 Å². The summed E-state index contributed by atoms with van der Waals surface area (Å²) < 4.78 is 0. The fourth-order valence-corrected chi connectivity index (χ4v) is 2.48. The van der Waals surface area contributed by atoms with Crippen LogP contribution in [0.4, 0.5) is 0 Å². The van der Waals surface area contributed by atoms with Crippen LogP contribution in [0.15, 0.2) is 72.8 Å². The van der Waals surface area contributed by atoms with Crippen molar-refractivity contribution < 1.29 is 19.8 Å². The van der Waals surface area contributed by atoms with Crippen LogP contribution in [0.2, 0.25) is 0 Å². The highest BCUT2D eigenvalue weighted by molar-refractivity contribution is 5.97. The standard InChI is InChI=1S/C24H14O4/c25-23(26)21-16-20(14-12-18-9-5-2-6-10-18)22(24(27)28)15-19(21)13-11-17-7-3-1-4-8-17/h1-10,15-16H,(H,25,26)(H,27,28). The van der Waals surface area contributed by atoms with Crippen LogP contribution in [0.5, 0.6) is 0 Å². The van der Waals surface area contributed by atoms with Crippen LogP contribution in [0, 0.1) is 23.7 Å². The lowest BCUT2D eigenvalue weighted by Gasteiger charge is -2.05. The first-order valence-corrected chi connectivity index (χ1v) is 8.33. The Morgan fingerprint density at radius 2 is 0.929 bits per heavy atom. The molecule has 0 aliphatic carbocycles. The van der Waals surface area contributed by atoms with Gasteiger partial charge in [-0.15, -0.1) is 0 Å². The van der Waals surface area contributed by atoms with Gasteiger partial charge in [0.2, 0.25) is 0 Å². The van der Waals surface area contributed by atoms with E-state index >= 15 is 0 Å². The lowest BCUT2D eigenvalue weighted by Crippen LogP contribution is -2.07. The van der Waals surface area contributed by atoms with E-state index in [1.54, 1.807) is 24.3 Å². The zero-order chi connectivity index (χ0) is 19.9. The summed E-state index contributed by atoms with van der Waals surface area (Å²) >= 11 is 0. The zero-order valence-electron chi connectivity index (χ0n) is 14.6. The van der Waals surface area contributed by atoms with E-state index in [9.17, 15) is 19.8 Å². The van der Waals surface area contributed by atoms with Crippen molar-refractivity contribution in [2.24, 2.45) is 0 Å². The van der Waals surface area contributed by atoms with Crippen LogP contribution >= 0.6 is 0 Å². The topological polar surface area (TPSA) is 74.6 Å². The molecule has 0 aliphatic heterocycles. The Labute approximate surface area is 162 Å². The first kappa shape index (κ1) is 18.5. The van der Waals surface area contributed by atoms with Gasteiger partial charge in [-0.25, -0.2) is 9.59 Å². The molecule has 0 saturated carbocycles. The Hall–Kier alpha value is -4.28. The molecule has 0 aromatic heterocycles. The Morgan fingerprint density at radius 1 is 0.571 bits per heavy atom. The number of hydrogen-bond donors (Lipinski definition) is 2. The van der Waals surface area contributed by atoms with Crippen molar-refractivity contribution in [3.63, 3.8) is 0 Å². The van der Waals surface area contributed by atoms with E-state index in [0.717, 1.165) is 0 Å². The Balaban J connectivity index is 2.12. The summed E-state index contributed by atoms with van der Waals surface area (Å²) in [6, 6.07) is 20.6. The van der Waals surface area contributed by atoms with Crippen LogP contribution in [-0.4, -0.2) is 22.2 Å². The highest BCUT2D eigenvalue weighted by Gasteiger charge is 2.17. The van der Waals surface area contributed by atoms with E-state index in [1.165, 1.54) is 12.1 Å². The molecule has 0 heterocycles. The molecule has 134 valence electrons. The number of rotatable bonds is 2. The molecule has 0 unspecified atom stereocenters. The number of hydrogen-bond acceptors (Lipinski definition) is 2. The molecule has 4 heteroatoms. The average molecular weight is 366 g/mol. The highest BCUT2D eigenvalue weighted by Crippen LogP contribution is 2.17. The minimum Gasteiger partial charge on any atom is -0.478 e. The van der Waals surface area contributed by atoms with Gasteiger partial charge in [-0.1, -0.05) is 60.1 Å². The van der Waals surface area contributed by atoms with Crippen molar-refractivity contribution in [1.29, 1.82) is 0 Å². The third-order valence-corrected chi connectivity index (χ3v) is 3.85. The molecule has 4 nitrogen and oxygen atoms in total. The number of carbonyl (C=O) groups is 2. The maximum atomic E-state index is 11.7. The Morgan fingerprint density at radius 3 is 1.25 bits per heavy atom. The van der Waals surface area contributed by atoms with Gasteiger partial charge in [0.15, 0.2) is 0 Å². The van der Waals surface area contributed by atoms with Gasteiger partial charge < -0.3 is 10.2 Å². The number of carboxylic acid groups (broad SMARTS) is 2. The van der Waals surface area contributed by atoms with Crippen molar-refractivity contribution in [3.05, 3.63) is 106 Å². The minimum atomic E-state index is -1.20. The van der Waals surface area contributed by atoms with Crippen molar-refractivity contribution in [2.75, 3.05) is 0 Å². The van der Waals surface area contributed by atoms with E-state index in [2.05, 4.69) is 23.7 Å². The second kappa shape index (κ2) is 8.40. The molecule has 0 radical (unpaired) electrons. The first-order chi connectivity index (χ1) is 13.5. The van der Waals surface area contributed by atoms with Gasteiger partial charge in [0.1, 0.15) is 0 Å². The maximum absolute atomic E-state index is 11.7. The van der Waals surface area contributed by atoms with Gasteiger partial charge in [-0.2, -0.15) is 0 Å².